The first kappa shape index (κ1) is 22.4. The summed E-state index contributed by atoms with van der Waals surface area (Å²) >= 11 is 14.9. The van der Waals surface area contributed by atoms with Gasteiger partial charge in [0.15, 0.2) is 0 Å². The Morgan fingerprint density at radius 3 is 2.33 bits per heavy atom. The molecule has 6 nitrogen and oxygen atoms in total. The van der Waals surface area contributed by atoms with Crippen LogP contribution in [0.1, 0.15) is 27.9 Å². The number of halogens is 6. The molecule has 2 aromatic carbocycles. The molecule has 1 atom stereocenters. The topological polar surface area (TPSA) is 93.8 Å². The maximum absolute atomic E-state index is 14.0. The number of nitrogens with zero attached hydrogens (tertiary/aromatic N) is 1. The molecule has 158 valence electrons. The zero-order valence-electron chi connectivity index (χ0n) is 14.7. The third-order valence-electron chi connectivity index (χ3n) is 4.30. The van der Waals surface area contributed by atoms with E-state index >= 15 is 0 Å². The first-order valence-electron chi connectivity index (χ1n) is 8.12. The molecule has 1 unspecified atom stereocenters. The highest BCUT2D eigenvalue weighted by atomic mass is 79.9. The number of primary amides is 1. The van der Waals surface area contributed by atoms with E-state index in [1.54, 1.807) is 0 Å². The van der Waals surface area contributed by atoms with Crippen LogP contribution in [-0.2, 0) is 10.4 Å². The Labute approximate surface area is 186 Å². The van der Waals surface area contributed by atoms with Crippen molar-refractivity contribution >= 4 is 56.8 Å². The molecule has 0 fully saturated rings. The van der Waals surface area contributed by atoms with Crippen molar-refractivity contribution in [1.29, 1.82) is 0 Å². The molecule has 0 radical (unpaired) electrons. The lowest BCUT2D eigenvalue weighted by Crippen LogP contribution is -2.42. The minimum Gasteiger partial charge on any atom is -0.374 e. The van der Waals surface area contributed by atoms with Gasteiger partial charge >= 0.3 is 12.2 Å². The van der Waals surface area contributed by atoms with Gasteiger partial charge in [-0.25, -0.2) is 4.79 Å². The molecule has 3 amide bonds. The van der Waals surface area contributed by atoms with Crippen molar-refractivity contribution in [2.45, 2.75) is 18.2 Å². The first-order valence-corrected chi connectivity index (χ1v) is 9.67. The molecule has 1 heterocycles. The molecule has 0 saturated heterocycles. The van der Waals surface area contributed by atoms with E-state index < -0.39 is 30.1 Å². The Balaban J connectivity index is 1.96. The number of oxime groups is 1. The predicted molar refractivity (Wildman–Crippen MR) is 108 cm³/mol. The van der Waals surface area contributed by atoms with Crippen molar-refractivity contribution < 1.29 is 27.6 Å². The quantitative estimate of drug-likeness (QED) is 0.581. The molecule has 0 spiro atoms. The van der Waals surface area contributed by atoms with Gasteiger partial charge in [-0.15, -0.1) is 0 Å². The molecule has 30 heavy (non-hydrogen) atoms. The summed E-state index contributed by atoms with van der Waals surface area (Å²) in [6.45, 7) is 0. The second kappa shape index (κ2) is 8.09. The number of alkyl halides is 3. The summed E-state index contributed by atoms with van der Waals surface area (Å²) in [7, 11) is 0. The smallest absolute Gasteiger partial charge is 0.374 e. The summed E-state index contributed by atoms with van der Waals surface area (Å²) in [4.78, 5) is 27.7. The second-order valence-electron chi connectivity index (χ2n) is 6.30. The van der Waals surface area contributed by atoms with E-state index in [0.717, 1.165) is 12.1 Å². The van der Waals surface area contributed by atoms with Gasteiger partial charge < -0.3 is 10.6 Å². The molecule has 0 aliphatic carbocycles. The maximum Gasteiger partial charge on any atom is 0.435 e. The summed E-state index contributed by atoms with van der Waals surface area (Å²) in [6, 6.07) is 6.57. The summed E-state index contributed by atoms with van der Waals surface area (Å²) in [5, 5.41) is 5.57. The van der Waals surface area contributed by atoms with Crippen LogP contribution < -0.4 is 11.1 Å². The SMILES string of the molecule is NC(=O)NC(=O)c1ccc(C2=NOC(c3cc(Cl)cc(Cl)c3)(C(F)(F)F)C2)cc1Br. The van der Waals surface area contributed by atoms with E-state index in [1.807, 2.05) is 5.32 Å². The van der Waals surface area contributed by atoms with Gasteiger partial charge in [0.1, 0.15) is 0 Å². The first-order chi connectivity index (χ1) is 13.9. The summed E-state index contributed by atoms with van der Waals surface area (Å²) in [6.07, 6.45) is -5.47. The van der Waals surface area contributed by atoms with Crippen molar-refractivity contribution in [3.8, 4) is 0 Å². The van der Waals surface area contributed by atoms with Crippen molar-refractivity contribution in [2.24, 2.45) is 10.9 Å². The number of nitrogens with one attached hydrogen (secondary N) is 1. The molecule has 2 aromatic rings. The van der Waals surface area contributed by atoms with Crippen LogP contribution >= 0.6 is 39.1 Å². The monoisotopic (exact) mass is 523 g/mol. The lowest BCUT2D eigenvalue weighted by Gasteiger charge is -2.29. The van der Waals surface area contributed by atoms with E-state index in [4.69, 9.17) is 33.8 Å². The Morgan fingerprint density at radius 2 is 1.80 bits per heavy atom. The van der Waals surface area contributed by atoms with Crippen LogP contribution in [-0.4, -0.2) is 23.8 Å². The lowest BCUT2D eigenvalue weighted by atomic mass is 9.86. The van der Waals surface area contributed by atoms with Crippen LogP contribution in [0.3, 0.4) is 0 Å². The second-order valence-corrected chi connectivity index (χ2v) is 8.03. The highest BCUT2D eigenvalue weighted by Gasteiger charge is 2.62. The number of carbonyl (C=O) groups excluding carboxylic acids is 2. The van der Waals surface area contributed by atoms with E-state index in [-0.39, 0.29) is 36.9 Å². The minimum absolute atomic E-state index is 0.00835. The summed E-state index contributed by atoms with van der Waals surface area (Å²) in [5.41, 5.74) is 2.17. The summed E-state index contributed by atoms with van der Waals surface area (Å²) in [5.74, 6) is -0.774. The Hall–Kier alpha value is -2.30. The van der Waals surface area contributed by atoms with E-state index in [9.17, 15) is 22.8 Å². The zero-order valence-corrected chi connectivity index (χ0v) is 17.8. The van der Waals surface area contributed by atoms with Gasteiger partial charge in [0.05, 0.1) is 11.3 Å². The van der Waals surface area contributed by atoms with Crippen molar-refractivity contribution in [1.82, 2.24) is 5.32 Å². The van der Waals surface area contributed by atoms with Crippen molar-refractivity contribution in [3.63, 3.8) is 0 Å². The number of rotatable bonds is 3. The molecule has 1 aliphatic rings. The van der Waals surface area contributed by atoms with Crippen molar-refractivity contribution in [2.75, 3.05) is 0 Å². The van der Waals surface area contributed by atoms with Crippen LogP contribution in [0.5, 0.6) is 0 Å². The Kier molecular flexibility index (Phi) is 6.03. The van der Waals surface area contributed by atoms with Gasteiger partial charge in [-0.05, 0) is 46.3 Å². The van der Waals surface area contributed by atoms with Gasteiger partial charge in [-0.1, -0.05) is 34.4 Å². The number of carbonyl (C=O) groups is 2. The summed E-state index contributed by atoms with van der Waals surface area (Å²) < 4.78 is 42.3. The maximum atomic E-state index is 14.0. The van der Waals surface area contributed by atoms with Gasteiger partial charge in [-0.3, -0.25) is 10.1 Å². The van der Waals surface area contributed by atoms with E-state index in [0.29, 0.717) is 0 Å². The molecular weight excluding hydrogens is 514 g/mol. The average molecular weight is 525 g/mol. The van der Waals surface area contributed by atoms with Crippen molar-refractivity contribution in [3.05, 3.63) is 67.6 Å². The zero-order chi connectivity index (χ0) is 22.3. The van der Waals surface area contributed by atoms with Gasteiger partial charge in [-0.2, -0.15) is 13.2 Å². The molecule has 3 N–H and O–H groups in total. The van der Waals surface area contributed by atoms with Crippen LogP contribution in [0.2, 0.25) is 10.0 Å². The fourth-order valence-corrected chi connectivity index (χ4v) is 3.99. The molecule has 0 aromatic heterocycles. The highest BCUT2D eigenvalue weighted by Crippen LogP contribution is 2.49. The Morgan fingerprint density at radius 1 is 1.17 bits per heavy atom. The highest BCUT2D eigenvalue weighted by molar-refractivity contribution is 9.10. The number of urea groups is 1. The Bertz CT molecular complexity index is 1060. The molecule has 3 rings (SSSR count). The predicted octanol–water partition coefficient (Wildman–Crippen LogP) is 5.15. The molecule has 0 bridgehead atoms. The molecule has 12 heteroatoms. The van der Waals surface area contributed by atoms with Gasteiger partial charge in [0.25, 0.3) is 11.5 Å². The standard InChI is InChI=1S/C18H11BrCl2F3N3O3/c19-13-3-8(1-2-12(13)15(28)26-16(25)29)14-7-17(30-27-14,18(22,23)24)9-4-10(20)6-11(21)5-9/h1-6H,7H2,(H3,25,26,28,29). The number of nitrogens with two attached hydrogens (primary N) is 1. The normalized spacial score (nSPS) is 18.5. The van der Waals surface area contributed by atoms with E-state index in [1.165, 1.54) is 24.3 Å². The van der Waals surface area contributed by atoms with Crippen LogP contribution in [0.4, 0.5) is 18.0 Å². The fraction of sp³-hybridized carbons (Fsp3) is 0.167. The molecule has 0 saturated carbocycles. The van der Waals surface area contributed by atoms with Gasteiger partial charge in [0, 0.05) is 32.1 Å². The minimum atomic E-state index is -4.83. The molecule has 1 aliphatic heterocycles. The average Bonchev–Trinajstić information content (AvgIpc) is 3.06. The number of amides is 3. The van der Waals surface area contributed by atoms with Crippen LogP contribution in [0.25, 0.3) is 0 Å². The number of hydrogen-bond acceptors (Lipinski definition) is 4. The third kappa shape index (κ3) is 4.26. The van der Waals surface area contributed by atoms with Gasteiger partial charge in [0.2, 0.25) is 0 Å². The third-order valence-corrected chi connectivity index (χ3v) is 5.39. The number of benzene rings is 2. The molecular formula is C18H11BrCl2F3N3O3. The lowest BCUT2D eigenvalue weighted by molar-refractivity contribution is -0.275. The van der Waals surface area contributed by atoms with Crippen LogP contribution in [0, 0.1) is 0 Å². The van der Waals surface area contributed by atoms with Crippen LogP contribution in [0.15, 0.2) is 46.0 Å². The largest absolute Gasteiger partial charge is 0.435 e. The number of hydrogen-bond donors (Lipinski definition) is 2. The van der Waals surface area contributed by atoms with E-state index in [2.05, 4.69) is 21.1 Å². The number of imide groups is 1. The fourth-order valence-electron chi connectivity index (χ4n) is 2.90.